The highest BCUT2D eigenvalue weighted by Gasteiger charge is 2.27. The van der Waals surface area contributed by atoms with Gasteiger partial charge < -0.3 is 10.6 Å². The van der Waals surface area contributed by atoms with Gasteiger partial charge in [-0.3, -0.25) is 4.79 Å². The number of amides is 1. The van der Waals surface area contributed by atoms with E-state index in [0.29, 0.717) is 18.0 Å². The third kappa shape index (κ3) is 4.97. The van der Waals surface area contributed by atoms with Crippen molar-refractivity contribution < 1.29 is 4.79 Å². The lowest BCUT2D eigenvalue weighted by atomic mass is 9.75. The maximum absolute atomic E-state index is 11.4. The molecule has 0 aliphatic heterocycles. The predicted molar refractivity (Wildman–Crippen MR) is 67.3 cm³/mol. The molecule has 1 fully saturated rings. The molecule has 3 heteroatoms. The Hall–Kier alpha value is -0.570. The molecule has 1 aliphatic carbocycles. The standard InChI is InChI=1S/C13H26N2O/c1-4-8-14-12(16)10-15-11-6-5-7-13(2,3)9-11/h11,15H,4-10H2,1-3H3,(H,14,16). The first-order valence-electron chi connectivity index (χ1n) is 6.53. The molecule has 0 spiro atoms. The number of rotatable bonds is 5. The third-order valence-electron chi connectivity index (χ3n) is 3.33. The molecule has 0 heterocycles. The fourth-order valence-electron chi connectivity index (χ4n) is 2.44. The van der Waals surface area contributed by atoms with Crippen LogP contribution in [0.25, 0.3) is 0 Å². The fourth-order valence-corrected chi connectivity index (χ4v) is 2.44. The molecule has 1 aliphatic rings. The summed E-state index contributed by atoms with van der Waals surface area (Å²) in [6.45, 7) is 7.96. The first-order chi connectivity index (χ1) is 7.53. The molecule has 0 aromatic heterocycles. The van der Waals surface area contributed by atoms with Gasteiger partial charge in [0.05, 0.1) is 6.54 Å². The average molecular weight is 226 g/mol. The Bertz CT molecular complexity index is 226. The summed E-state index contributed by atoms with van der Waals surface area (Å²) in [5, 5.41) is 6.27. The summed E-state index contributed by atoms with van der Waals surface area (Å²) in [6.07, 6.45) is 6.00. The van der Waals surface area contributed by atoms with Gasteiger partial charge in [-0.15, -0.1) is 0 Å². The van der Waals surface area contributed by atoms with E-state index in [1.807, 2.05) is 0 Å². The van der Waals surface area contributed by atoms with Crippen LogP contribution in [0.2, 0.25) is 0 Å². The van der Waals surface area contributed by atoms with E-state index >= 15 is 0 Å². The smallest absolute Gasteiger partial charge is 0.233 e. The minimum absolute atomic E-state index is 0.130. The number of nitrogens with one attached hydrogen (secondary N) is 2. The van der Waals surface area contributed by atoms with Gasteiger partial charge in [0.25, 0.3) is 0 Å². The Labute approximate surface area is 99.4 Å². The summed E-state index contributed by atoms with van der Waals surface area (Å²) < 4.78 is 0. The quantitative estimate of drug-likeness (QED) is 0.753. The van der Waals surface area contributed by atoms with Gasteiger partial charge in [0.15, 0.2) is 0 Å². The van der Waals surface area contributed by atoms with Crippen LogP contribution in [0, 0.1) is 5.41 Å². The summed E-state index contributed by atoms with van der Waals surface area (Å²) in [6, 6.07) is 0.524. The third-order valence-corrected chi connectivity index (χ3v) is 3.33. The highest BCUT2D eigenvalue weighted by molar-refractivity contribution is 5.77. The van der Waals surface area contributed by atoms with Gasteiger partial charge in [0, 0.05) is 12.6 Å². The van der Waals surface area contributed by atoms with Crippen molar-refractivity contribution in [2.75, 3.05) is 13.1 Å². The van der Waals surface area contributed by atoms with Gasteiger partial charge in [0.2, 0.25) is 5.91 Å². The van der Waals surface area contributed by atoms with Gasteiger partial charge in [-0.1, -0.05) is 27.2 Å². The van der Waals surface area contributed by atoms with Crippen molar-refractivity contribution in [3.63, 3.8) is 0 Å². The van der Waals surface area contributed by atoms with E-state index in [-0.39, 0.29) is 5.91 Å². The molecule has 0 radical (unpaired) electrons. The highest BCUT2D eigenvalue weighted by atomic mass is 16.1. The van der Waals surface area contributed by atoms with E-state index in [0.717, 1.165) is 13.0 Å². The molecule has 1 rings (SSSR count). The maximum atomic E-state index is 11.4. The first-order valence-corrected chi connectivity index (χ1v) is 6.53. The Morgan fingerprint density at radius 3 is 2.81 bits per heavy atom. The summed E-state index contributed by atoms with van der Waals surface area (Å²) >= 11 is 0. The largest absolute Gasteiger partial charge is 0.355 e. The zero-order valence-corrected chi connectivity index (χ0v) is 10.9. The number of hydrogen-bond acceptors (Lipinski definition) is 2. The molecule has 0 bridgehead atoms. The molecular weight excluding hydrogens is 200 g/mol. The molecular formula is C13H26N2O. The van der Waals surface area contributed by atoms with Gasteiger partial charge in [0.1, 0.15) is 0 Å². The minimum atomic E-state index is 0.130. The second-order valence-corrected chi connectivity index (χ2v) is 5.69. The first kappa shape index (κ1) is 13.5. The van der Waals surface area contributed by atoms with Gasteiger partial charge in [-0.25, -0.2) is 0 Å². The molecule has 2 N–H and O–H groups in total. The van der Waals surface area contributed by atoms with Crippen LogP contribution in [0.1, 0.15) is 52.9 Å². The number of carbonyl (C=O) groups excluding carboxylic acids is 1. The second kappa shape index (κ2) is 6.24. The van der Waals surface area contributed by atoms with Crippen LogP contribution in [-0.2, 0) is 4.79 Å². The van der Waals surface area contributed by atoms with Crippen molar-refractivity contribution in [1.29, 1.82) is 0 Å². The summed E-state index contributed by atoms with van der Waals surface area (Å²) in [5.41, 5.74) is 0.440. The van der Waals surface area contributed by atoms with Crippen LogP contribution >= 0.6 is 0 Å². The summed E-state index contributed by atoms with van der Waals surface area (Å²) in [5.74, 6) is 0.130. The van der Waals surface area contributed by atoms with E-state index in [4.69, 9.17) is 0 Å². The minimum Gasteiger partial charge on any atom is -0.355 e. The Kier molecular flexibility index (Phi) is 5.26. The SMILES string of the molecule is CCCNC(=O)CNC1CCCC(C)(C)C1. The van der Waals surface area contributed by atoms with Crippen molar-refractivity contribution in [3.8, 4) is 0 Å². The van der Waals surface area contributed by atoms with Crippen molar-refractivity contribution in [3.05, 3.63) is 0 Å². The molecule has 3 nitrogen and oxygen atoms in total. The zero-order chi connectivity index (χ0) is 12.0. The average Bonchev–Trinajstić information content (AvgIpc) is 2.22. The number of hydrogen-bond donors (Lipinski definition) is 2. The van der Waals surface area contributed by atoms with E-state index in [9.17, 15) is 4.79 Å². The van der Waals surface area contributed by atoms with Crippen molar-refractivity contribution in [1.82, 2.24) is 10.6 Å². The molecule has 1 unspecified atom stereocenters. The fraction of sp³-hybridized carbons (Fsp3) is 0.923. The Morgan fingerprint density at radius 1 is 1.44 bits per heavy atom. The molecule has 0 aromatic carbocycles. The predicted octanol–water partition coefficient (Wildman–Crippen LogP) is 2.07. The van der Waals surface area contributed by atoms with E-state index in [2.05, 4.69) is 31.4 Å². The van der Waals surface area contributed by atoms with E-state index < -0.39 is 0 Å². The molecule has 16 heavy (non-hydrogen) atoms. The molecule has 1 amide bonds. The topological polar surface area (TPSA) is 41.1 Å². The van der Waals surface area contributed by atoms with Gasteiger partial charge in [-0.2, -0.15) is 0 Å². The van der Waals surface area contributed by atoms with Gasteiger partial charge >= 0.3 is 0 Å². The lowest BCUT2D eigenvalue weighted by molar-refractivity contribution is -0.120. The van der Waals surface area contributed by atoms with Crippen LogP contribution in [0.5, 0.6) is 0 Å². The Morgan fingerprint density at radius 2 is 2.19 bits per heavy atom. The van der Waals surface area contributed by atoms with Crippen LogP contribution in [0.4, 0.5) is 0 Å². The van der Waals surface area contributed by atoms with Crippen molar-refractivity contribution in [2.24, 2.45) is 5.41 Å². The van der Waals surface area contributed by atoms with E-state index in [1.165, 1.54) is 25.7 Å². The molecule has 1 atom stereocenters. The van der Waals surface area contributed by atoms with E-state index in [1.54, 1.807) is 0 Å². The normalized spacial score (nSPS) is 24.1. The number of carbonyl (C=O) groups is 1. The lowest BCUT2D eigenvalue weighted by Gasteiger charge is -2.35. The van der Waals surface area contributed by atoms with Gasteiger partial charge in [-0.05, 0) is 31.1 Å². The highest BCUT2D eigenvalue weighted by Crippen LogP contribution is 2.34. The van der Waals surface area contributed by atoms with Crippen LogP contribution in [0.3, 0.4) is 0 Å². The maximum Gasteiger partial charge on any atom is 0.233 e. The van der Waals surface area contributed by atoms with Crippen molar-refractivity contribution in [2.45, 2.75) is 58.9 Å². The van der Waals surface area contributed by atoms with Crippen LogP contribution in [0.15, 0.2) is 0 Å². The van der Waals surface area contributed by atoms with Crippen LogP contribution < -0.4 is 10.6 Å². The Balaban J connectivity index is 2.19. The molecule has 94 valence electrons. The summed E-state index contributed by atoms with van der Waals surface area (Å²) in [7, 11) is 0. The molecule has 0 aromatic rings. The second-order valence-electron chi connectivity index (χ2n) is 5.69. The molecule has 1 saturated carbocycles. The lowest BCUT2D eigenvalue weighted by Crippen LogP contribution is -2.42. The zero-order valence-electron chi connectivity index (χ0n) is 10.9. The monoisotopic (exact) mass is 226 g/mol. The summed E-state index contributed by atoms with van der Waals surface area (Å²) in [4.78, 5) is 11.4. The molecule has 0 saturated heterocycles. The van der Waals surface area contributed by atoms with Crippen molar-refractivity contribution >= 4 is 5.91 Å². The van der Waals surface area contributed by atoms with Crippen LogP contribution in [-0.4, -0.2) is 25.0 Å².